The van der Waals surface area contributed by atoms with E-state index in [2.05, 4.69) is 12.2 Å². The molecule has 0 aliphatic carbocycles. The van der Waals surface area contributed by atoms with Crippen LogP contribution < -0.4 is 5.32 Å². The fourth-order valence-electron chi connectivity index (χ4n) is 3.59. The lowest BCUT2D eigenvalue weighted by Gasteiger charge is -2.35. The number of piperidine rings is 1. The van der Waals surface area contributed by atoms with Gasteiger partial charge in [-0.1, -0.05) is 19.1 Å². The average molecular weight is 415 g/mol. The van der Waals surface area contributed by atoms with Crippen molar-refractivity contribution in [3.63, 3.8) is 0 Å². The zero-order valence-electron chi connectivity index (χ0n) is 16.7. The van der Waals surface area contributed by atoms with Gasteiger partial charge in [0.1, 0.15) is 5.82 Å². The lowest BCUT2D eigenvalue weighted by atomic mass is 9.98. The first-order chi connectivity index (χ1) is 14.1. The number of anilines is 1. The Morgan fingerprint density at radius 1 is 1.10 bits per heavy atom. The number of benzene rings is 2. The first-order valence-corrected chi connectivity index (χ1v) is 11.3. The van der Waals surface area contributed by atoms with E-state index in [1.807, 2.05) is 29.2 Å². The van der Waals surface area contributed by atoms with E-state index in [1.54, 1.807) is 12.1 Å². The number of hydrogen-bond donors (Lipinski definition) is 1. The third-order valence-electron chi connectivity index (χ3n) is 5.19. The third-order valence-corrected chi connectivity index (χ3v) is 6.19. The predicted octanol–water partition coefficient (Wildman–Crippen LogP) is 5.10. The molecule has 2 amide bonds. The molecule has 2 aromatic rings. The Labute approximate surface area is 175 Å². The van der Waals surface area contributed by atoms with Crippen molar-refractivity contribution in [1.82, 2.24) is 4.90 Å². The molecule has 4 nitrogen and oxygen atoms in total. The van der Waals surface area contributed by atoms with Crippen molar-refractivity contribution >= 4 is 29.3 Å². The van der Waals surface area contributed by atoms with Gasteiger partial charge in [-0.05, 0) is 67.6 Å². The molecule has 0 bridgehead atoms. The van der Waals surface area contributed by atoms with Crippen LogP contribution in [0.15, 0.2) is 48.5 Å². The minimum atomic E-state index is -0.329. The van der Waals surface area contributed by atoms with Gasteiger partial charge in [-0.3, -0.25) is 9.59 Å². The van der Waals surface area contributed by atoms with Crippen LogP contribution in [-0.2, 0) is 10.5 Å². The summed E-state index contributed by atoms with van der Waals surface area (Å²) < 4.78 is 12.9. The number of rotatable bonds is 7. The monoisotopic (exact) mass is 414 g/mol. The molecule has 1 unspecified atom stereocenters. The van der Waals surface area contributed by atoms with Gasteiger partial charge >= 0.3 is 0 Å². The fourth-order valence-corrected chi connectivity index (χ4v) is 4.38. The lowest BCUT2D eigenvalue weighted by Crippen LogP contribution is -2.43. The van der Waals surface area contributed by atoms with E-state index in [4.69, 9.17) is 0 Å². The van der Waals surface area contributed by atoms with Crippen LogP contribution in [0.25, 0.3) is 0 Å². The van der Waals surface area contributed by atoms with Crippen molar-refractivity contribution in [3.05, 3.63) is 65.5 Å². The number of nitrogens with zero attached hydrogens (tertiary/aromatic N) is 1. The molecule has 0 saturated carbocycles. The van der Waals surface area contributed by atoms with Crippen LogP contribution >= 0.6 is 11.8 Å². The standard InChI is InChI=1S/C23H27FN2O2S/c1-2-21-5-3-4-14-26(21)23(28)18-8-6-17(7-9-18)15-29-16-22(27)25-20-12-10-19(24)11-13-20/h6-13,21H,2-5,14-16H2,1H3,(H,25,27). The Balaban J connectivity index is 1.47. The topological polar surface area (TPSA) is 49.4 Å². The predicted molar refractivity (Wildman–Crippen MR) is 117 cm³/mol. The fraction of sp³-hybridized carbons (Fsp3) is 0.391. The van der Waals surface area contributed by atoms with Gasteiger partial charge in [-0.25, -0.2) is 4.39 Å². The highest BCUT2D eigenvalue weighted by atomic mass is 32.2. The molecule has 1 saturated heterocycles. The molecule has 0 aromatic heterocycles. The first kappa shape index (κ1) is 21.4. The summed E-state index contributed by atoms with van der Waals surface area (Å²) in [7, 11) is 0. The minimum absolute atomic E-state index is 0.120. The summed E-state index contributed by atoms with van der Waals surface area (Å²) >= 11 is 1.50. The molecule has 1 aliphatic heterocycles. The molecule has 1 atom stereocenters. The summed E-state index contributed by atoms with van der Waals surface area (Å²) in [5.41, 5.74) is 2.39. The van der Waals surface area contributed by atoms with Crippen molar-refractivity contribution in [2.24, 2.45) is 0 Å². The largest absolute Gasteiger partial charge is 0.336 e. The number of hydrogen-bond acceptors (Lipinski definition) is 3. The first-order valence-electron chi connectivity index (χ1n) is 10.1. The summed E-state index contributed by atoms with van der Waals surface area (Å²) in [5.74, 6) is 0.666. The van der Waals surface area contributed by atoms with Gasteiger partial charge in [-0.2, -0.15) is 0 Å². The van der Waals surface area contributed by atoms with Crippen LogP contribution in [0.2, 0.25) is 0 Å². The van der Waals surface area contributed by atoms with E-state index in [0.29, 0.717) is 23.2 Å². The van der Waals surface area contributed by atoms with E-state index in [0.717, 1.165) is 36.9 Å². The molecular weight excluding hydrogens is 387 g/mol. The maximum absolute atomic E-state index is 12.9. The highest BCUT2D eigenvalue weighted by Crippen LogP contribution is 2.22. The third kappa shape index (κ3) is 6.07. The van der Waals surface area contributed by atoms with Crippen LogP contribution in [0.5, 0.6) is 0 Å². The van der Waals surface area contributed by atoms with Gasteiger partial charge in [0.05, 0.1) is 5.75 Å². The van der Waals surface area contributed by atoms with E-state index in [1.165, 1.54) is 30.3 Å². The van der Waals surface area contributed by atoms with Crippen LogP contribution in [0, 0.1) is 5.82 Å². The normalized spacial score (nSPS) is 16.5. The number of carbonyl (C=O) groups excluding carboxylic acids is 2. The maximum Gasteiger partial charge on any atom is 0.254 e. The second kappa shape index (κ2) is 10.4. The van der Waals surface area contributed by atoms with Crippen molar-refractivity contribution in [3.8, 4) is 0 Å². The van der Waals surface area contributed by atoms with Crippen LogP contribution in [0.1, 0.15) is 48.5 Å². The summed E-state index contributed by atoms with van der Waals surface area (Å²) in [6, 6.07) is 13.8. The Kier molecular flexibility index (Phi) is 7.69. The van der Waals surface area contributed by atoms with Gasteiger partial charge in [0.2, 0.25) is 5.91 Å². The molecule has 6 heteroatoms. The summed E-state index contributed by atoms with van der Waals surface area (Å²) in [6.07, 6.45) is 4.38. The van der Waals surface area contributed by atoms with E-state index in [9.17, 15) is 14.0 Å². The van der Waals surface area contributed by atoms with Crippen LogP contribution in [0.3, 0.4) is 0 Å². The van der Waals surface area contributed by atoms with Gasteiger partial charge < -0.3 is 10.2 Å². The molecule has 1 heterocycles. The molecule has 1 fully saturated rings. The summed E-state index contributed by atoms with van der Waals surface area (Å²) in [5, 5.41) is 2.75. The maximum atomic E-state index is 12.9. The lowest BCUT2D eigenvalue weighted by molar-refractivity contribution is -0.113. The van der Waals surface area contributed by atoms with Gasteiger partial charge in [0, 0.05) is 29.6 Å². The number of carbonyl (C=O) groups is 2. The van der Waals surface area contributed by atoms with E-state index < -0.39 is 0 Å². The SMILES string of the molecule is CCC1CCCCN1C(=O)c1ccc(CSCC(=O)Nc2ccc(F)cc2)cc1. The van der Waals surface area contributed by atoms with E-state index in [-0.39, 0.29) is 17.6 Å². The van der Waals surface area contributed by atoms with Crippen molar-refractivity contribution in [2.75, 3.05) is 17.6 Å². The van der Waals surface area contributed by atoms with Crippen LogP contribution in [0.4, 0.5) is 10.1 Å². The molecule has 29 heavy (non-hydrogen) atoms. The second-order valence-corrected chi connectivity index (χ2v) is 8.29. The molecule has 1 aliphatic rings. The Morgan fingerprint density at radius 2 is 1.83 bits per heavy atom. The van der Waals surface area contributed by atoms with Crippen LogP contribution in [-0.4, -0.2) is 35.1 Å². The number of thioether (sulfide) groups is 1. The Hall–Kier alpha value is -2.34. The molecule has 1 N–H and O–H groups in total. The smallest absolute Gasteiger partial charge is 0.254 e. The second-order valence-electron chi connectivity index (χ2n) is 7.30. The zero-order valence-corrected chi connectivity index (χ0v) is 17.5. The Bertz CT molecular complexity index is 824. The quantitative estimate of drug-likeness (QED) is 0.686. The zero-order chi connectivity index (χ0) is 20.6. The highest BCUT2D eigenvalue weighted by Gasteiger charge is 2.25. The number of likely N-dealkylation sites (tertiary alicyclic amines) is 1. The van der Waals surface area contributed by atoms with Gasteiger partial charge in [-0.15, -0.1) is 11.8 Å². The molecule has 154 valence electrons. The van der Waals surface area contributed by atoms with Crippen molar-refractivity contribution < 1.29 is 14.0 Å². The van der Waals surface area contributed by atoms with Crippen molar-refractivity contribution in [1.29, 1.82) is 0 Å². The van der Waals surface area contributed by atoms with E-state index >= 15 is 0 Å². The Morgan fingerprint density at radius 3 is 2.52 bits per heavy atom. The van der Waals surface area contributed by atoms with Crippen molar-refractivity contribution in [2.45, 2.75) is 44.4 Å². The highest BCUT2D eigenvalue weighted by molar-refractivity contribution is 7.99. The summed E-state index contributed by atoms with van der Waals surface area (Å²) in [4.78, 5) is 26.8. The summed E-state index contributed by atoms with van der Waals surface area (Å²) in [6.45, 7) is 2.99. The number of amides is 2. The number of nitrogens with one attached hydrogen (secondary N) is 1. The van der Waals surface area contributed by atoms with Gasteiger partial charge in [0.15, 0.2) is 0 Å². The molecule has 0 spiro atoms. The van der Waals surface area contributed by atoms with Gasteiger partial charge in [0.25, 0.3) is 5.91 Å². The molecule has 2 aromatic carbocycles. The minimum Gasteiger partial charge on any atom is -0.336 e. The molecule has 0 radical (unpaired) electrons. The molecule has 3 rings (SSSR count). The molecular formula is C23H27FN2O2S. The average Bonchev–Trinajstić information content (AvgIpc) is 2.75. The number of halogens is 1.